The van der Waals surface area contributed by atoms with E-state index in [2.05, 4.69) is 9.97 Å². The summed E-state index contributed by atoms with van der Waals surface area (Å²) in [7, 11) is 0. The summed E-state index contributed by atoms with van der Waals surface area (Å²) in [5.41, 5.74) is 0.907. The van der Waals surface area contributed by atoms with E-state index >= 15 is 0 Å². The minimum Gasteiger partial charge on any atom is -0.350 e. The van der Waals surface area contributed by atoms with E-state index in [1.165, 1.54) is 0 Å². The standard InChI is InChI=1S/C8H10N2O2/c1-2-10-7(6-9-1)5-8-11-3-4-12-8/h1-2,6,8H,3-5H2. The Balaban J connectivity index is 1.94. The lowest BCUT2D eigenvalue weighted by atomic mass is 10.3. The monoisotopic (exact) mass is 166 g/mol. The lowest BCUT2D eigenvalue weighted by Crippen LogP contribution is -2.12. The maximum atomic E-state index is 5.27. The van der Waals surface area contributed by atoms with Gasteiger partial charge in [0.15, 0.2) is 6.29 Å². The van der Waals surface area contributed by atoms with Crippen molar-refractivity contribution in [3.63, 3.8) is 0 Å². The van der Waals surface area contributed by atoms with Crippen LogP contribution in [-0.4, -0.2) is 29.5 Å². The molecular formula is C8H10N2O2. The first kappa shape index (κ1) is 7.64. The molecule has 1 aliphatic rings. The Kier molecular flexibility index (Phi) is 2.29. The number of hydrogen-bond donors (Lipinski definition) is 0. The molecule has 64 valence electrons. The number of ether oxygens (including phenoxy) is 2. The van der Waals surface area contributed by atoms with Crippen LogP contribution in [0.3, 0.4) is 0 Å². The van der Waals surface area contributed by atoms with Crippen LogP contribution in [-0.2, 0) is 15.9 Å². The van der Waals surface area contributed by atoms with Gasteiger partial charge in [-0.25, -0.2) is 0 Å². The minimum absolute atomic E-state index is 0.123. The predicted molar refractivity (Wildman–Crippen MR) is 41.4 cm³/mol. The molecule has 0 saturated carbocycles. The van der Waals surface area contributed by atoms with E-state index in [-0.39, 0.29) is 6.29 Å². The van der Waals surface area contributed by atoms with E-state index in [9.17, 15) is 0 Å². The summed E-state index contributed by atoms with van der Waals surface area (Å²) in [6.45, 7) is 1.37. The van der Waals surface area contributed by atoms with Gasteiger partial charge in [-0.3, -0.25) is 9.97 Å². The highest BCUT2D eigenvalue weighted by atomic mass is 16.7. The Morgan fingerprint density at radius 2 is 2.17 bits per heavy atom. The van der Waals surface area contributed by atoms with E-state index in [1.807, 2.05) is 0 Å². The summed E-state index contributed by atoms with van der Waals surface area (Å²) >= 11 is 0. The number of hydrogen-bond acceptors (Lipinski definition) is 4. The summed E-state index contributed by atoms with van der Waals surface area (Å²) in [5, 5.41) is 0. The normalized spacial score (nSPS) is 18.3. The van der Waals surface area contributed by atoms with Crippen molar-refractivity contribution in [1.82, 2.24) is 9.97 Å². The van der Waals surface area contributed by atoms with Crippen LogP contribution in [0.5, 0.6) is 0 Å². The molecule has 1 fully saturated rings. The molecule has 0 N–H and O–H groups in total. The average molecular weight is 166 g/mol. The molecule has 12 heavy (non-hydrogen) atoms. The van der Waals surface area contributed by atoms with E-state index in [4.69, 9.17) is 9.47 Å². The van der Waals surface area contributed by atoms with Gasteiger partial charge in [0.25, 0.3) is 0 Å². The molecule has 1 saturated heterocycles. The molecule has 4 nitrogen and oxygen atoms in total. The van der Waals surface area contributed by atoms with E-state index in [0.717, 1.165) is 5.69 Å². The van der Waals surface area contributed by atoms with Crippen molar-refractivity contribution in [2.75, 3.05) is 13.2 Å². The topological polar surface area (TPSA) is 44.2 Å². The molecule has 0 aromatic carbocycles. The highest BCUT2D eigenvalue weighted by molar-refractivity contribution is 4.95. The Morgan fingerprint density at radius 1 is 1.33 bits per heavy atom. The number of nitrogens with zero attached hydrogens (tertiary/aromatic N) is 2. The van der Waals surface area contributed by atoms with Crippen molar-refractivity contribution < 1.29 is 9.47 Å². The summed E-state index contributed by atoms with van der Waals surface area (Å²) < 4.78 is 10.5. The lowest BCUT2D eigenvalue weighted by Gasteiger charge is -2.06. The summed E-state index contributed by atoms with van der Waals surface area (Å²) in [6, 6.07) is 0. The highest BCUT2D eigenvalue weighted by Crippen LogP contribution is 2.08. The van der Waals surface area contributed by atoms with Gasteiger partial charge in [-0.2, -0.15) is 0 Å². The molecule has 0 aliphatic carbocycles. The van der Waals surface area contributed by atoms with E-state index < -0.39 is 0 Å². The van der Waals surface area contributed by atoms with Crippen LogP contribution in [0.4, 0.5) is 0 Å². The van der Waals surface area contributed by atoms with Gasteiger partial charge in [-0.15, -0.1) is 0 Å². The van der Waals surface area contributed by atoms with Gasteiger partial charge in [0.2, 0.25) is 0 Å². The second-order valence-electron chi connectivity index (χ2n) is 2.57. The number of rotatable bonds is 2. The van der Waals surface area contributed by atoms with Crippen LogP contribution in [0.25, 0.3) is 0 Å². The molecule has 0 unspecified atom stereocenters. The maximum Gasteiger partial charge on any atom is 0.163 e. The third-order valence-corrected chi connectivity index (χ3v) is 1.68. The van der Waals surface area contributed by atoms with Gasteiger partial charge in [-0.1, -0.05) is 0 Å². The van der Waals surface area contributed by atoms with Crippen LogP contribution >= 0.6 is 0 Å². The zero-order valence-electron chi connectivity index (χ0n) is 6.64. The van der Waals surface area contributed by atoms with Crippen LogP contribution in [0.15, 0.2) is 18.6 Å². The molecule has 4 heteroatoms. The van der Waals surface area contributed by atoms with Gasteiger partial charge < -0.3 is 9.47 Å². The van der Waals surface area contributed by atoms with Crippen molar-refractivity contribution in [2.45, 2.75) is 12.7 Å². The molecule has 0 spiro atoms. The SMILES string of the molecule is c1cnc(CC2OCCO2)cn1. The van der Waals surface area contributed by atoms with Crippen LogP contribution < -0.4 is 0 Å². The second kappa shape index (κ2) is 3.60. The van der Waals surface area contributed by atoms with Crippen LogP contribution in [0, 0.1) is 0 Å². The summed E-state index contributed by atoms with van der Waals surface area (Å²) in [5.74, 6) is 0. The fourth-order valence-corrected chi connectivity index (χ4v) is 1.13. The Hall–Kier alpha value is -1.00. The Labute approximate surface area is 70.6 Å². The van der Waals surface area contributed by atoms with E-state index in [1.54, 1.807) is 18.6 Å². The molecular weight excluding hydrogens is 156 g/mol. The molecule has 0 bridgehead atoms. The fourth-order valence-electron chi connectivity index (χ4n) is 1.13. The first-order chi connectivity index (χ1) is 5.95. The van der Waals surface area contributed by atoms with Crippen molar-refractivity contribution >= 4 is 0 Å². The summed E-state index contributed by atoms with van der Waals surface area (Å²) in [6.07, 6.45) is 5.62. The van der Waals surface area contributed by atoms with Gasteiger partial charge in [0.05, 0.1) is 18.9 Å². The average Bonchev–Trinajstić information content (AvgIpc) is 2.59. The Morgan fingerprint density at radius 3 is 2.83 bits per heavy atom. The number of aromatic nitrogens is 2. The quantitative estimate of drug-likeness (QED) is 0.637. The molecule has 1 aromatic rings. The molecule has 2 heterocycles. The molecule has 1 aromatic heterocycles. The molecule has 1 aliphatic heterocycles. The van der Waals surface area contributed by atoms with Gasteiger partial charge in [-0.05, 0) is 0 Å². The minimum atomic E-state index is -0.123. The van der Waals surface area contributed by atoms with Crippen LogP contribution in [0.1, 0.15) is 5.69 Å². The van der Waals surface area contributed by atoms with Gasteiger partial charge >= 0.3 is 0 Å². The molecule has 0 radical (unpaired) electrons. The maximum absolute atomic E-state index is 5.27. The largest absolute Gasteiger partial charge is 0.350 e. The zero-order valence-corrected chi connectivity index (χ0v) is 6.64. The van der Waals surface area contributed by atoms with Crippen molar-refractivity contribution in [3.05, 3.63) is 24.3 Å². The first-order valence-corrected chi connectivity index (χ1v) is 3.93. The zero-order chi connectivity index (χ0) is 8.23. The smallest absolute Gasteiger partial charge is 0.163 e. The van der Waals surface area contributed by atoms with Gasteiger partial charge in [0.1, 0.15) is 0 Å². The lowest BCUT2D eigenvalue weighted by molar-refractivity contribution is -0.0406. The predicted octanol–water partition coefficient (Wildman–Crippen LogP) is 0.392. The molecule has 0 atom stereocenters. The van der Waals surface area contributed by atoms with Crippen molar-refractivity contribution in [2.24, 2.45) is 0 Å². The highest BCUT2D eigenvalue weighted by Gasteiger charge is 2.16. The molecule has 0 amide bonds. The van der Waals surface area contributed by atoms with E-state index in [0.29, 0.717) is 19.6 Å². The Bertz CT molecular complexity index is 234. The fraction of sp³-hybridized carbons (Fsp3) is 0.500. The van der Waals surface area contributed by atoms with Crippen molar-refractivity contribution in [1.29, 1.82) is 0 Å². The van der Waals surface area contributed by atoms with Crippen LogP contribution in [0.2, 0.25) is 0 Å². The summed E-state index contributed by atoms with van der Waals surface area (Å²) in [4.78, 5) is 8.07. The molecule has 2 rings (SSSR count). The first-order valence-electron chi connectivity index (χ1n) is 3.93. The second-order valence-corrected chi connectivity index (χ2v) is 2.57. The van der Waals surface area contributed by atoms with Crippen molar-refractivity contribution in [3.8, 4) is 0 Å². The van der Waals surface area contributed by atoms with Gasteiger partial charge in [0, 0.05) is 25.0 Å². The third-order valence-electron chi connectivity index (χ3n) is 1.68. The third kappa shape index (κ3) is 1.78.